The van der Waals surface area contributed by atoms with Gasteiger partial charge in [0, 0.05) is 17.3 Å². The van der Waals surface area contributed by atoms with Crippen LogP contribution in [0.1, 0.15) is 52.5 Å². The molecule has 7 heteroatoms. The van der Waals surface area contributed by atoms with Gasteiger partial charge in [-0.1, -0.05) is 48.0 Å². The minimum atomic E-state index is -0.940. The Morgan fingerprint density at radius 1 is 1.19 bits per heavy atom. The highest BCUT2D eigenvalue weighted by atomic mass is 35.5. The van der Waals surface area contributed by atoms with Crippen LogP contribution in [0.15, 0.2) is 66.9 Å². The summed E-state index contributed by atoms with van der Waals surface area (Å²) < 4.78 is 5.39. The normalized spacial score (nSPS) is 15.6. The molecule has 2 amide bonds. The van der Waals surface area contributed by atoms with Crippen molar-refractivity contribution in [1.29, 1.82) is 0 Å². The molecule has 32 heavy (non-hydrogen) atoms. The number of carbonyl (C=O) groups is 2. The molecule has 1 heterocycles. The maximum Gasteiger partial charge on any atom is 0.256 e. The fourth-order valence-corrected chi connectivity index (χ4v) is 4.45. The molecule has 0 bridgehead atoms. The number of aromatic nitrogens is 1. The van der Waals surface area contributed by atoms with Crippen LogP contribution >= 0.6 is 11.6 Å². The maximum absolute atomic E-state index is 13.8. The van der Waals surface area contributed by atoms with Crippen LogP contribution in [0.25, 0.3) is 0 Å². The summed E-state index contributed by atoms with van der Waals surface area (Å²) in [7, 11) is 0. The van der Waals surface area contributed by atoms with Crippen LogP contribution in [0, 0.1) is 0 Å². The van der Waals surface area contributed by atoms with E-state index in [4.69, 9.17) is 22.1 Å². The molecule has 3 aromatic rings. The molecule has 164 valence electrons. The second kappa shape index (κ2) is 9.40. The number of fused-ring (bicyclic) bond motifs is 1. The molecule has 2 N–H and O–H groups in total. The molecule has 1 aliphatic carbocycles. The summed E-state index contributed by atoms with van der Waals surface area (Å²) in [4.78, 5) is 32.3. The quantitative estimate of drug-likeness (QED) is 0.575. The van der Waals surface area contributed by atoms with Crippen molar-refractivity contribution in [3.8, 4) is 5.88 Å². The van der Waals surface area contributed by atoms with E-state index in [0.717, 1.165) is 17.5 Å². The standard InChI is InChI=1S/C25H24ClN3O3/c1-2-32-22-13-10-18(15-28-22)25(31)29(23(24(27)30)17-6-4-3-5-7-17)21-12-9-16-8-11-19(26)14-20(16)21/h3-8,10-11,13-15,21,23H,2,9,12H2,1H3,(H2,27,30)/t21-,23-/m1/s1. The Balaban J connectivity index is 1.81. The summed E-state index contributed by atoms with van der Waals surface area (Å²) in [6.07, 6.45) is 2.92. The molecular formula is C25H24ClN3O3. The van der Waals surface area contributed by atoms with Crippen LogP contribution in [0.3, 0.4) is 0 Å². The van der Waals surface area contributed by atoms with Crippen LogP contribution in [-0.4, -0.2) is 28.3 Å². The summed E-state index contributed by atoms with van der Waals surface area (Å²) in [6, 6.07) is 16.8. The van der Waals surface area contributed by atoms with Crippen molar-refractivity contribution in [3.63, 3.8) is 0 Å². The number of carbonyl (C=O) groups excluding carboxylic acids is 2. The summed E-state index contributed by atoms with van der Waals surface area (Å²) in [5.74, 6) is -0.493. The number of hydrogen-bond acceptors (Lipinski definition) is 4. The van der Waals surface area contributed by atoms with Crippen LogP contribution < -0.4 is 10.5 Å². The monoisotopic (exact) mass is 449 g/mol. The number of halogens is 1. The van der Waals surface area contributed by atoms with Gasteiger partial charge in [-0.3, -0.25) is 9.59 Å². The van der Waals surface area contributed by atoms with Crippen molar-refractivity contribution in [3.05, 3.63) is 94.1 Å². The molecule has 6 nitrogen and oxygen atoms in total. The lowest BCUT2D eigenvalue weighted by molar-refractivity contribution is -0.123. The van der Waals surface area contributed by atoms with Gasteiger partial charge in [0.15, 0.2) is 0 Å². The molecule has 0 saturated carbocycles. The number of ether oxygens (including phenoxy) is 1. The summed E-state index contributed by atoms with van der Waals surface area (Å²) in [6.45, 7) is 2.34. The van der Waals surface area contributed by atoms with E-state index in [1.807, 2.05) is 43.3 Å². The van der Waals surface area contributed by atoms with Gasteiger partial charge in [-0.25, -0.2) is 4.98 Å². The predicted molar refractivity (Wildman–Crippen MR) is 122 cm³/mol. The van der Waals surface area contributed by atoms with Crippen LogP contribution in [-0.2, 0) is 11.2 Å². The third kappa shape index (κ3) is 4.32. The molecule has 4 rings (SSSR count). The first kappa shape index (κ1) is 21.8. The number of aryl methyl sites for hydroxylation is 1. The second-order valence-electron chi connectivity index (χ2n) is 7.64. The average Bonchev–Trinajstić information content (AvgIpc) is 3.20. The number of pyridine rings is 1. The highest BCUT2D eigenvalue weighted by Gasteiger charge is 2.39. The van der Waals surface area contributed by atoms with Crippen molar-refractivity contribution in [2.24, 2.45) is 5.73 Å². The number of primary amides is 1. The Morgan fingerprint density at radius 3 is 2.62 bits per heavy atom. The smallest absolute Gasteiger partial charge is 0.256 e. The zero-order chi connectivity index (χ0) is 22.7. The lowest BCUT2D eigenvalue weighted by Crippen LogP contribution is -2.43. The summed E-state index contributed by atoms with van der Waals surface area (Å²) in [5.41, 5.74) is 8.93. The van der Waals surface area contributed by atoms with E-state index in [1.54, 1.807) is 29.2 Å². The number of benzene rings is 2. The number of nitrogens with zero attached hydrogens (tertiary/aromatic N) is 2. The Hall–Kier alpha value is -3.38. The molecular weight excluding hydrogens is 426 g/mol. The van der Waals surface area contributed by atoms with Gasteiger partial charge < -0.3 is 15.4 Å². The molecule has 0 radical (unpaired) electrons. The van der Waals surface area contributed by atoms with Gasteiger partial charge >= 0.3 is 0 Å². The van der Waals surface area contributed by atoms with E-state index in [-0.39, 0.29) is 11.9 Å². The molecule has 2 atom stereocenters. The zero-order valence-corrected chi connectivity index (χ0v) is 18.5. The Bertz CT molecular complexity index is 1120. The van der Waals surface area contributed by atoms with Gasteiger partial charge in [0.2, 0.25) is 11.8 Å². The Labute approximate surface area is 192 Å². The molecule has 0 spiro atoms. The van der Waals surface area contributed by atoms with E-state index in [9.17, 15) is 9.59 Å². The first-order valence-corrected chi connectivity index (χ1v) is 10.9. The SMILES string of the molecule is CCOc1ccc(C(=O)N([C@@H]2CCc3ccc(Cl)cc32)[C@@H](C(N)=O)c2ccccc2)cn1. The molecule has 0 aliphatic heterocycles. The minimum absolute atomic E-state index is 0.328. The average molecular weight is 450 g/mol. The molecule has 0 fully saturated rings. The number of nitrogens with two attached hydrogens (primary N) is 1. The Morgan fingerprint density at radius 2 is 1.97 bits per heavy atom. The highest BCUT2D eigenvalue weighted by Crippen LogP contribution is 2.42. The zero-order valence-electron chi connectivity index (χ0n) is 17.7. The van der Waals surface area contributed by atoms with E-state index >= 15 is 0 Å². The van der Waals surface area contributed by atoms with Crippen LogP contribution in [0.5, 0.6) is 5.88 Å². The fourth-order valence-electron chi connectivity index (χ4n) is 4.27. The summed E-state index contributed by atoms with van der Waals surface area (Å²) in [5, 5.41) is 0.584. The topological polar surface area (TPSA) is 85.5 Å². The third-order valence-corrected chi connectivity index (χ3v) is 5.90. The van der Waals surface area contributed by atoms with Crippen molar-refractivity contribution in [1.82, 2.24) is 9.88 Å². The lowest BCUT2D eigenvalue weighted by Gasteiger charge is -2.36. The number of amides is 2. The van der Waals surface area contributed by atoms with E-state index in [1.165, 1.54) is 6.20 Å². The van der Waals surface area contributed by atoms with Crippen molar-refractivity contribution in [2.75, 3.05) is 6.61 Å². The number of hydrogen-bond donors (Lipinski definition) is 1. The van der Waals surface area contributed by atoms with Gasteiger partial charge in [-0.05, 0) is 54.7 Å². The molecule has 1 aromatic heterocycles. The fraction of sp³-hybridized carbons (Fsp3) is 0.240. The molecule has 0 saturated heterocycles. The largest absolute Gasteiger partial charge is 0.478 e. The van der Waals surface area contributed by atoms with E-state index in [0.29, 0.717) is 35.1 Å². The number of rotatable bonds is 7. The lowest BCUT2D eigenvalue weighted by atomic mass is 9.98. The van der Waals surface area contributed by atoms with Crippen LogP contribution in [0.2, 0.25) is 5.02 Å². The molecule has 2 aromatic carbocycles. The van der Waals surface area contributed by atoms with Gasteiger partial charge in [0.1, 0.15) is 6.04 Å². The van der Waals surface area contributed by atoms with Gasteiger partial charge in [-0.2, -0.15) is 0 Å². The maximum atomic E-state index is 13.8. The predicted octanol–water partition coefficient (Wildman–Crippen LogP) is 4.49. The highest BCUT2D eigenvalue weighted by molar-refractivity contribution is 6.30. The van der Waals surface area contributed by atoms with Gasteiger partial charge in [-0.15, -0.1) is 0 Å². The molecule has 1 aliphatic rings. The van der Waals surface area contributed by atoms with E-state index in [2.05, 4.69) is 4.98 Å². The van der Waals surface area contributed by atoms with Crippen molar-refractivity contribution >= 4 is 23.4 Å². The second-order valence-corrected chi connectivity index (χ2v) is 8.08. The summed E-state index contributed by atoms with van der Waals surface area (Å²) >= 11 is 6.28. The van der Waals surface area contributed by atoms with Crippen molar-refractivity contribution < 1.29 is 14.3 Å². The molecule has 0 unspecified atom stereocenters. The first-order chi connectivity index (χ1) is 15.5. The van der Waals surface area contributed by atoms with Gasteiger partial charge in [0.05, 0.1) is 18.2 Å². The Kier molecular flexibility index (Phi) is 6.42. The van der Waals surface area contributed by atoms with Crippen LogP contribution in [0.4, 0.5) is 0 Å². The van der Waals surface area contributed by atoms with Crippen molar-refractivity contribution in [2.45, 2.75) is 31.8 Å². The van der Waals surface area contributed by atoms with Gasteiger partial charge in [0.25, 0.3) is 5.91 Å². The first-order valence-electron chi connectivity index (χ1n) is 10.5. The third-order valence-electron chi connectivity index (χ3n) is 5.66. The van der Waals surface area contributed by atoms with E-state index < -0.39 is 11.9 Å². The minimum Gasteiger partial charge on any atom is -0.478 e.